The second kappa shape index (κ2) is 8.29. The molecule has 1 aromatic carbocycles. The second-order valence-corrected chi connectivity index (χ2v) is 8.73. The summed E-state index contributed by atoms with van der Waals surface area (Å²) in [6.45, 7) is 5.17. The van der Waals surface area contributed by atoms with Gasteiger partial charge in [0.25, 0.3) is 5.91 Å². The highest BCUT2D eigenvalue weighted by molar-refractivity contribution is 7.89. The van der Waals surface area contributed by atoms with E-state index in [1.54, 1.807) is 12.1 Å². The summed E-state index contributed by atoms with van der Waals surface area (Å²) in [5.74, 6) is -0.147. The normalized spacial score (nSPS) is 19.4. The Bertz CT molecular complexity index is 676. The van der Waals surface area contributed by atoms with E-state index >= 15 is 0 Å². The lowest BCUT2D eigenvalue weighted by Crippen LogP contribution is -2.29. The minimum Gasteiger partial charge on any atom is -0.352 e. The Hall–Kier alpha value is -1.44. The van der Waals surface area contributed by atoms with Gasteiger partial charge in [-0.15, -0.1) is 0 Å². The number of amides is 1. The van der Waals surface area contributed by atoms with Crippen molar-refractivity contribution in [3.05, 3.63) is 29.8 Å². The Balaban J connectivity index is 1.50. The molecule has 7 heteroatoms. The average Bonchev–Trinajstić information content (AvgIpc) is 3.32. The third-order valence-electron chi connectivity index (χ3n) is 4.95. The van der Waals surface area contributed by atoms with Crippen LogP contribution in [0.1, 0.15) is 42.5 Å². The number of hydrogen-bond donors (Lipinski definition) is 1. The lowest BCUT2D eigenvalue weighted by Gasteiger charge is -2.16. The molecule has 1 amide bonds. The zero-order valence-corrected chi connectivity index (χ0v) is 15.4. The molecule has 0 aromatic heterocycles. The molecule has 2 fully saturated rings. The van der Waals surface area contributed by atoms with E-state index < -0.39 is 10.0 Å². The van der Waals surface area contributed by atoms with Crippen LogP contribution >= 0.6 is 0 Å². The van der Waals surface area contributed by atoms with Gasteiger partial charge in [-0.25, -0.2) is 8.42 Å². The van der Waals surface area contributed by atoms with Crippen LogP contribution in [0, 0.1) is 0 Å². The van der Waals surface area contributed by atoms with Crippen LogP contribution in [0.2, 0.25) is 0 Å². The van der Waals surface area contributed by atoms with Crippen LogP contribution in [0.4, 0.5) is 0 Å². The number of sulfonamides is 1. The van der Waals surface area contributed by atoms with E-state index in [9.17, 15) is 13.2 Å². The highest BCUT2D eigenvalue weighted by Crippen LogP contribution is 2.21. The molecule has 0 radical (unpaired) electrons. The maximum Gasteiger partial charge on any atom is 0.251 e. The van der Waals surface area contributed by atoms with Crippen LogP contribution in [-0.4, -0.2) is 62.8 Å². The van der Waals surface area contributed by atoms with Gasteiger partial charge >= 0.3 is 0 Å². The van der Waals surface area contributed by atoms with Crippen LogP contribution in [0.15, 0.2) is 29.2 Å². The minimum atomic E-state index is -3.42. The largest absolute Gasteiger partial charge is 0.352 e. The molecule has 0 saturated carbocycles. The lowest BCUT2D eigenvalue weighted by molar-refractivity contribution is 0.0952. The second-order valence-electron chi connectivity index (χ2n) is 6.79. The summed E-state index contributed by atoms with van der Waals surface area (Å²) in [5, 5.41) is 2.91. The molecule has 1 aromatic rings. The van der Waals surface area contributed by atoms with E-state index in [1.165, 1.54) is 42.4 Å². The molecule has 0 atom stereocenters. The minimum absolute atomic E-state index is 0.147. The fourth-order valence-corrected chi connectivity index (χ4v) is 4.99. The molecule has 2 aliphatic rings. The third kappa shape index (κ3) is 4.59. The van der Waals surface area contributed by atoms with E-state index in [-0.39, 0.29) is 10.8 Å². The molecule has 25 heavy (non-hydrogen) atoms. The molecule has 138 valence electrons. The summed E-state index contributed by atoms with van der Waals surface area (Å²) < 4.78 is 26.5. The molecular weight excluding hydrogens is 338 g/mol. The molecule has 0 aliphatic carbocycles. The van der Waals surface area contributed by atoms with Gasteiger partial charge < -0.3 is 10.2 Å². The Morgan fingerprint density at radius 3 is 2.20 bits per heavy atom. The number of carbonyl (C=O) groups is 1. The number of nitrogens with one attached hydrogen (secondary N) is 1. The van der Waals surface area contributed by atoms with Gasteiger partial charge in [0, 0.05) is 25.2 Å². The Morgan fingerprint density at radius 2 is 1.56 bits per heavy atom. The fraction of sp³-hybridized carbons (Fsp3) is 0.611. The van der Waals surface area contributed by atoms with Gasteiger partial charge in [-0.3, -0.25) is 4.79 Å². The fourth-order valence-electron chi connectivity index (χ4n) is 3.47. The lowest BCUT2D eigenvalue weighted by atomic mass is 10.2. The highest BCUT2D eigenvalue weighted by atomic mass is 32.2. The van der Waals surface area contributed by atoms with Crippen molar-refractivity contribution < 1.29 is 13.2 Å². The molecule has 1 N–H and O–H groups in total. The quantitative estimate of drug-likeness (QED) is 0.747. The molecule has 2 heterocycles. The summed E-state index contributed by atoms with van der Waals surface area (Å²) in [6, 6.07) is 6.26. The van der Waals surface area contributed by atoms with Gasteiger partial charge in [0.05, 0.1) is 4.90 Å². The zero-order valence-electron chi connectivity index (χ0n) is 14.6. The predicted octanol–water partition coefficient (Wildman–Crippen LogP) is 1.69. The van der Waals surface area contributed by atoms with Crippen molar-refractivity contribution >= 4 is 15.9 Å². The third-order valence-corrected chi connectivity index (χ3v) is 6.87. The summed E-state index contributed by atoms with van der Waals surface area (Å²) in [7, 11) is -3.42. The molecule has 0 unspecified atom stereocenters. The highest BCUT2D eigenvalue weighted by Gasteiger charge is 2.27. The van der Waals surface area contributed by atoms with Crippen molar-refractivity contribution in [2.24, 2.45) is 0 Å². The van der Waals surface area contributed by atoms with E-state index in [1.807, 2.05) is 0 Å². The monoisotopic (exact) mass is 365 g/mol. The van der Waals surface area contributed by atoms with Gasteiger partial charge in [0.1, 0.15) is 0 Å². The van der Waals surface area contributed by atoms with E-state index in [2.05, 4.69) is 10.2 Å². The maximum atomic E-state index is 12.5. The van der Waals surface area contributed by atoms with Crippen molar-refractivity contribution in [1.82, 2.24) is 14.5 Å². The average molecular weight is 365 g/mol. The first-order chi connectivity index (χ1) is 12.1. The maximum absolute atomic E-state index is 12.5. The van der Waals surface area contributed by atoms with Crippen LogP contribution < -0.4 is 5.32 Å². The van der Waals surface area contributed by atoms with Crippen molar-refractivity contribution in [3.8, 4) is 0 Å². The molecule has 2 saturated heterocycles. The van der Waals surface area contributed by atoms with Crippen molar-refractivity contribution in [2.45, 2.75) is 37.0 Å². The SMILES string of the molecule is O=C(NCCCN1CCCC1)c1ccc(S(=O)(=O)N2CCCC2)cc1. The number of rotatable bonds is 7. The zero-order chi connectivity index (χ0) is 17.7. The molecular formula is C18H27N3O3S. The molecule has 6 nitrogen and oxygen atoms in total. The van der Waals surface area contributed by atoms with Gasteiger partial charge in [0.2, 0.25) is 10.0 Å². The Kier molecular flexibility index (Phi) is 6.09. The number of benzene rings is 1. The summed E-state index contributed by atoms with van der Waals surface area (Å²) in [4.78, 5) is 14.9. The topological polar surface area (TPSA) is 69.7 Å². The van der Waals surface area contributed by atoms with Crippen LogP contribution in [0.5, 0.6) is 0 Å². The van der Waals surface area contributed by atoms with Crippen molar-refractivity contribution in [2.75, 3.05) is 39.3 Å². The molecule has 2 aliphatic heterocycles. The first-order valence-corrected chi connectivity index (χ1v) is 10.6. The predicted molar refractivity (Wildman–Crippen MR) is 97.1 cm³/mol. The van der Waals surface area contributed by atoms with Gasteiger partial charge in [0.15, 0.2) is 0 Å². The number of carbonyl (C=O) groups excluding carboxylic acids is 1. The van der Waals surface area contributed by atoms with Crippen LogP contribution in [-0.2, 0) is 10.0 Å². The van der Waals surface area contributed by atoms with Crippen LogP contribution in [0.3, 0.4) is 0 Å². The Morgan fingerprint density at radius 1 is 0.960 bits per heavy atom. The van der Waals surface area contributed by atoms with Crippen molar-refractivity contribution in [3.63, 3.8) is 0 Å². The van der Waals surface area contributed by atoms with Gasteiger partial charge in [-0.1, -0.05) is 0 Å². The van der Waals surface area contributed by atoms with Crippen LogP contribution in [0.25, 0.3) is 0 Å². The first-order valence-electron chi connectivity index (χ1n) is 9.18. The van der Waals surface area contributed by atoms with E-state index in [0.29, 0.717) is 25.2 Å². The number of nitrogens with zero attached hydrogens (tertiary/aromatic N) is 2. The number of hydrogen-bond acceptors (Lipinski definition) is 4. The molecule has 0 spiro atoms. The summed E-state index contributed by atoms with van der Waals surface area (Å²) in [5.41, 5.74) is 0.501. The van der Waals surface area contributed by atoms with Gasteiger partial charge in [-0.05, 0) is 76.0 Å². The number of likely N-dealkylation sites (tertiary alicyclic amines) is 1. The molecule has 3 rings (SSSR count). The standard InChI is InChI=1S/C18H27N3O3S/c22-18(19-10-5-13-20-11-1-2-12-20)16-6-8-17(9-7-16)25(23,24)21-14-3-4-15-21/h6-9H,1-5,10-15H2,(H,19,22). The summed E-state index contributed by atoms with van der Waals surface area (Å²) in [6.07, 6.45) is 5.32. The molecule has 0 bridgehead atoms. The van der Waals surface area contributed by atoms with Crippen molar-refractivity contribution in [1.29, 1.82) is 0 Å². The first kappa shape index (κ1) is 18.4. The van der Waals surface area contributed by atoms with Gasteiger partial charge in [-0.2, -0.15) is 4.31 Å². The van der Waals surface area contributed by atoms with E-state index in [0.717, 1.165) is 25.8 Å². The van der Waals surface area contributed by atoms with E-state index in [4.69, 9.17) is 0 Å². The smallest absolute Gasteiger partial charge is 0.251 e. The Labute approximate surface area is 150 Å². The summed E-state index contributed by atoms with van der Waals surface area (Å²) >= 11 is 0.